The lowest BCUT2D eigenvalue weighted by Gasteiger charge is -2.41. The molecule has 0 spiro atoms. The van der Waals surface area contributed by atoms with E-state index in [2.05, 4.69) is 4.90 Å². The first kappa shape index (κ1) is 26.7. The van der Waals surface area contributed by atoms with Crippen LogP contribution in [0.2, 0.25) is 0 Å². The van der Waals surface area contributed by atoms with E-state index in [-0.39, 0.29) is 11.7 Å². The minimum atomic E-state index is 0.173. The van der Waals surface area contributed by atoms with E-state index < -0.39 is 0 Å². The summed E-state index contributed by atoms with van der Waals surface area (Å²) in [4.78, 5) is 25.4. The maximum atomic E-state index is 12.5. The highest BCUT2D eigenvalue weighted by molar-refractivity contribution is 6.02. The minimum Gasteiger partial charge on any atom is -0.496 e. The topological polar surface area (TPSA) is 92.8 Å². The normalized spacial score (nSPS) is 15.7. The average Bonchev–Trinajstić information content (AvgIpc) is 2.94. The van der Waals surface area contributed by atoms with Crippen LogP contribution >= 0.6 is 0 Å². The number of piperidine rings is 3. The van der Waals surface area contributed by atoms with Gasteiger partial charge in [0.15, 0.2) is 12.1 Å². The number of methoxy groups -OCH3 is 6. The second-order valence-corrected chi connectivity index (χ2v) is 8.16. The number of hydrogen-bond acceptors (Lipinski definition) is 9. The first-order valence-corrected chi connectivity index (χ1v) is 11.5. The van der Waals surface area contributed by atoms with Crippen LogP contribution in [0.4, 0.5) is 0 Å². The third-order valence-electron chi connectivity index (χ3n) is 6.36. The fraction of sp³-hybridized carbons (Fsp3) is 0.407. The van der Waals surface area contributed by atoms with Crippen molar-refractivity contribution in [1.29, 1.82) is 0 Å². The summed E-state index contributed by atoms with van der Waals surface area (Å²) in [7, 11) is 9.32. The fourth-order valence-corrected chi connectivity index (χ4v) is 4.37. The quantitative estimate of drug-likeness (QED) is 0.396. The molecule has 9 heteroatoms. The van der Waals surface area contributed by atoms with Crippen LogP contribution in [-0.2, 0) is 4.79 Å². The monoisotopic (exact) mass is 499 g/mol. The summed E-state index contributed by atoms with van der Waals surface area (Å²) in [6.45, 7) is 1.89. The number of ether oxygens (including phenoxy) is 6. The number of benzene rings is 2. The van der Waals surface area contributed by atoms with Gasteiger partial charge in [-0.25, -0.2) is 0 Å². The molecule has 194 valence electrons. The molecule has 3 saturated heterocycles. The van der Waals surface area contributed by atoms with Crippen LogP contribution in [0.15, 0.2) is 30.0 Å². The molecular weight excluding hydrogens is 466 g/mol. The molecule has 0 aromatic heterocycles. The number of carbonyl (C=O) groups excluding carboxylic acids is 2. The van der Waals surface area contributed by atoms with Gasteiger partial charge in [-0.1, -0.05) is 0 Å². The molecule has 2 aromatic rings. The minimum absolute atomic E-state index is 0.173. The molecule has 5 rings (SSSR count). The van der Waals surface area contributed by atoms with Crippen LogP contribution in [0.25, 0.3) is 6.08 Å². The maximum absolute atomic E-state index is 12.5. The molecule has 0 unspecified atom stereocenters. The lowest BCUT2D eigenvalue weighted by molar-refractivity contribution is -0.125. The molecular formula is C27H33NO8. The van der Waals surface area contributed by atoms with E-state index in [0.717, 1.165) is 37.2 Å². The van der Waals surface area contributed by atoms with E-state index in [9.17, 15) is 9.59 Å². The second kappa shape index (κ2) is 12.2. The van der Waals surface area contributed by atoms with Gasteiger partial charge in [0.25, 0.3) is 0 Å². The van der Waals surface area contributed by atoms with Crippen molar-refractivity contribution < 1.29 is 38.0 Å². The van der Waals surface area contributed by atoms with Crippen LogP contribution in [0.3, 0.4) is 0 Å². The fourth-order valence-electron chi connectivity index (χ4n) is 4.37. The first-order valence-electron chi connectivity index (χ1n) is 11.5. The number of Topliss-reactive ketones (excluding diaryl/α,β-unsaturated/α-hetero) is 1. The van der Waals surface area contributed by atoms with Crippen molar-refractivity contribution in [3.05, 3.63) is 41.1 Å². The van der Waals surface area contributed by atoms with E-state index in [1.54, 1.807) is 45.6 Å². The molecule has 0 atom stereocenters. The highest BCUT2D eigenvalue weighted by Gasteiger charge is 2.36. The van der Waals surface area contributed by atoms with E-state index >= 15 is 0 Å². The van der Waals surface area contributed by atoms with Crippen molar-refractivity contribution in [2.75, 3.05) is 55.7 Å². The lowest BCUT2D eigenvalue weighted by atomic mass is 9.84. The molecule has 9 nitrogen and oxygen atoms in total. The summed E-state index contributed by atoms with van der Waals surface area (Å²) in [5.74, 6) is 3.81. The second-order valence-electron chi connectivity index (χ2n) is 8.16. The van der Waals surface area contributed by atoms with E-state index in [1.165, 1.54) is 21.3 Å². The molecule has 2 bridgehead atoms. The van der Waals surface area contributed by atoms with Crippen molar-refractivity contribution in [3.63, 3.8) is 0 Å². The summed E-state index contributed by atoms with van der Waals surface area (Å²) in [5.41, 5.74) is 1.93. The molecule has 0 aliphatic carbocycles. The lowest BCUT2D eigenvalue weighted by Crippen LogP contribution is -2.45. The van der Waals surface area contributed by atoms with E-state index in [4.69, 9.17) is 28.4 Å². The number of nitrogens with zero attached hydrogens (tertiary/aromatic N) is 1. The van der Waals surface area contributed by atoms with E-state index in [0.29, 0.717) is 46.3 Å². The van der Waals surface area contributed by atoms with Gasteiger partial charge >= 0.3 is 0 Å². The van der Waals surface area contributed by atoms with Crippen LogP contribution in [0.1, 0.15) is 28.8 Å². The number of aldehydes is 1. The Bertz CT molecular complexity index is 1070. The molecule has 2 aromatic carbocycles. The van der Waals surface area contributed by atoms with Gasteiger partial charge in [0, 0.05) is 43.3 Å². The molecule has 0 radical (unpaired) electrons. The third-order valence-corrected chi connectivity index (χ3v) is 6.36. The molecule has 0 N–H and O–H groups in total. The van der Waals surface area contributed by atoms with Gasteiger partial charge in [-0.3, -0.25) is 9.59 Å². The van der Waals surface area contributed by atoms with Gasteiger partial charge in [-0.2, -0.15) is 0 Å². The van der Waals surface area contributed by atoms with Crippen LogP contribution in [0, 0.1) is 5.92 Å². The van der Waals surface area contributed by atoms with Crippen LogP contribution in [-0.4, -0.2) is 72.7 Å². The highest BCUT2D eigenvalue weighted by Crippen LogP contribution is 2.39. The number of carbonyl (C=O) groups is 2. The van der Waals surface area contributed by atoms with Crippen molar-refractivity contribution in [2.24, 2.45) is 5.92 Å². The Labute approximate surface area is 211 Å². The van der Waals surface area contributed by atoms with Gasteiger partial charge in [-0.15, -0.1) is 0 Å². The van der Waals surface area contributed by atoms with Crippen LogP contribution in [0.5, 0.6) is 34.5 Å². The van der Waals surface area contributed by atoms with Gasteiger partial charge in [0.2, 0.25) is 0 Å². The predicted octanol–water partition coefficient (Wildman–Crippen LogP) is 3.87. The standard InChI is InChI=1S/C17H21NO4.C10H12O4/c1-20-12-8-15(21-2)13(16(9-12)22-3)10-14-17(19)11-4-6-18(14)7-5-11;1-12-7-4-9(13-2)8(6-11)10(5-7)14-3/h8-11H,4-7H2,1-3H3;4-6H,1-3H3. The Kier molecular flexibility index (Phi) is 9.05. The van der Waals surface area contributed by atoms with Crippen molar-refractivity contribution in [3.8, 4) is 34.5 Å². The Morgan fingerprint density at radius 3 is 1.44 bits per heavy atom. The zero-order valence-corrected chi connectivity index (χ0v) is 21.6. The van der Waals surface area contributed by atoms with Gasteiger partial charge in [-0.05, 0) is 18.9 Å². The molecule has 3 fully saturated rings. The molecule has 0 amide bonds. The van der Waals surface area contributed by atoms with E-state index in [1.807, 2.05) is 6.08 Å². The maximum Gasteiger partial charge on any atom is 0.182 e. The summed E-state index contributed by atoms with van der Waals surface area (Å²) in [6, 6.07) is 6.87. The number of hydrogen-bond donors (Lipinski definition) is 0. The average molecular weight is 500 g/mol. The summed E-state index contributed by atoms with van der Waals surface area (Å²) >= 11 is 0. The van der Waals surface area contributed by atoms with Gasteiger partial charge in [0.05, 0.1) is 59.5 Å². The SMILES string of the molecule is COc1cc(OC)c(C=C2C(=O)C3CCN2CC3)c(OC)c1.COc1cc(OC)c(C=O)c(OC)c1. The Morgan fingerprint density at radius 1 is 0.694 bits per heavy atom. The molecule has 3 heterocycles. The van der Waals surface area contributed by atoms with Crippen molar-refractivity contribution in [1.82, 2.24) is 4.90 Å². The van der Waals surface area contributed by atoms with Gasteiger partial charge in [0.1, 0.15) is 34.5 Å². The largest absolute Gasteiger partial charge is 0.496 e. The zero-order valence-electron chi connectivity index (χ0n) is 21.6. The molecule has 36 heavy (non-hydrogen) atoms. The molecule has 0 saturated carbocycles. The predicted molar refractivity (Wildman–Crippen MR) is 135 cm³/mol. The number of rotatable bonds is 8. The summed E-state index contributed by atoms with van der Waals surface area (Å²) in [6.07, 6.45) is 4.52. The van der Waals surface area contributed by atoms with Crippen LogP contribution < -0.4 is 28.4 Å². The Hall–Kier alpha value is -3.88. The third kappa shape index (κ3) is 5.50. The summed E-state index contributed by atoms with van der Waals surface area (Å²) in [5, 5.41) is 0. The highest BCUT2D eigenvalue weighted by atomic mass is 16.5. The Balaban J connectivity index is 0.000000223. The van der Waals surface area contributed by atoms with Crippen molar-refractivity contribution in [2.45, 2.75) is 12.8 Å². The number of ketones is 1. The van der Waals surface area contributed by atoms with Gasteiger partial charge < -0.3 is 33.3 Å². The Morgan fingerprint density at radius 2 is 1.11 bits per heavy atom. The number of allylic oxidation sites excluding steroid dienone is 1. The number of fused-ring (bicyclic) bond motifs is 3. The molecule has 3 aliphatic heterocycles. The van der Waals surface area contributed by atoms with Crippen molar-refractivity contribution >= 4 is 18.1 Å². The smallest absolute Gasteiger partial charge is 0.182 e. The first-order chi connectivity index (χ1) is 17.4. The zero-order chi connectivity index (χ0) is 26.2. The summed E-state index contributed by atoms with van der Waals surface area (Å²) < 4.78 is 31.2. The molecule has 3 aliphatic rings.